The van der Waals surface area contributed by atoms with Crippen molar-refractivity contribution in [2.24, 2.45) is 34.0 Å². The predicted molar refractivity (Wildman–Crippen MR) is 118 cm³/mol. The van der Waals surface area contributed by atoms with E-state index in [1.54, 1.807) is 0 Å². The van der Waals surface area contributed by atoms with Crippen molar-refractivity contribution in [3.8, 4) is 0 Å². The second-order valence-electron chi connectivity index (χ2n) is 11.3. The van der Waals surface area contributed by atoms with Gasteiger partial charge in [-0.2, -0.15) is 0 Å². The zero-order valence-electron chi connectivity index (χ0n) is 20.4. The fourth-order valence-corrected chi connectivity index (χ4v) is 8.31. The van der Waals surface area contributed by atoms with Crippen molar-refractivity contribution in [3.63, 3.8) is 0 Å². The molecule has 4 aliphatic carbocycles. The van der Waals surface area contributed by atoms with Gasteiger partial charge in [-0.1, -0.05) is 25.5 Å². The van der Waals surface area contributed by atoms with Crippen molar-refractivity contribution >= 4 is 17.9 Å². The molecule has 0 radical (unpaired) electrons. The summed E-state index contributed by atoms with van der Waals surface area (Å²) in [6, 6.07) is 0. The molecule has 178 valence electrons. The van der Waals surface area contributed by atoms with E-state index in [0.29, 0.717) is 18.3 Å². The van der Waals surface area contributed by atoms with Gasteiger partial charge in [-0.15, -0.1) is 0 Å². The van der Waals surface area contributed by atoms with Gasteiger partial charge < -0.3 is 14.2 Å². The van der Waals surface area contributed by atoms with Crippen molar-refractivity contribution in [2.45, 2.75) is 92.3 Å². The minimum atomic E-state index is -0.543. The molecular formula is C26H38O6. The summed E-state index contributed by atoms with van der Waals surface area (Å²) in [5.74, 6) is 0.153. The summed E-state index contributed by atoms with van der Waals surface area (Å²) in [5, 5.41) is 0. The molecule has 8 atom stereocenters. The van der Waals surface area contributed by atoms with Crippen LogP contribution < -0.4 is 0 Å². The first kappa shape index (κ1) is 23.3. The third-order valence-electron chi connectivity index (χ3n) is 9.51. The molecule has 0 aromatic heterocycles. The summed E-state index contributed by atoms with van der Waals surface area (Å²) in [6.07, 6.45) is 7.60. The first-order chi connectivity index (χ1) is 14.9. The second kappa shape index (κ2) is 7.88. The molecule has 0 heterocycles. The zero-order chi connectivity index (χ0) is 23.5. The number of carbonyl (C=O) groups is 3. The maximum Gasteiger partial charge on any atom is 0.302 e. The van der Waals surface area contributed by atoms with E-state index >= 15 is 0 Å². The lowest BCUT2D eigenvalue weighted by molar-refractivity contribution is -0.236. The van der Waals surface area contributed by atoms with Gasteiger partial charge in [0.1, 0.15) is 18.8 Å². The van der Waals surface area contributed by atoms with Crippen LogP contribution >= 0.6 is 0 Å². The average molecular weight is 447 g/mol. The molecule has 4 rings (SSSR count). The molecule has 0 N–H and O–H groups in total. The highest BCUT2D eigenvalue weighted by Crippen LogP contribution is 2.71. The van der Waals surface area contributed by atoms with Crippen LogP contribution in [0, 0.1) is 34.0 Å². The van der Waals surface area contributed by atoms with E-state index in [0.717, 1.165) is 32.1 Å². The lowest BCUT2D eigenvalue weighted by Gasteiger charge is -2.66. The maximum absolute atomic E-state index is 12.2. The Labute approximate surface area is 191 Å². The van der Waals surface area contributed by atoms with Gasteiger partial charge in [0.25, 0.3) is 0 Å². The van der Waals surface area contributed by atoms with Gasteiger partial charge in [0.2, 0.25) is 0 Å². The highest BCUT2D eigenvalue weighted by atomic mass is 16.6. The zero-order valence-corrected chi connectivity index (χ0v) is 20.4. The summed E-state index contributed by atoms with van der Waals surface area (Å²) in [5.41, 5.74) is 0.746. The molecule has 32 heavy (non-hydrogen) atoms. The van der Waals surface area contributed by atoms with Gasteiger partial charge in [0.05, 0.1) is 0 Å². The van der Waals surface area contributed by atoms with E-state index in [2.05, 4.69) is 26.8 Å². The van der Waals surface area contributed by atoms with E-state index in [4.69, 9.17) is 14.2 Å². The van der Waals surface area contributed by atoms with Crippen molar-refractivity contribution in [1.82, 2.24) is 0 Å². The van der Waals surface area contributed by atoms with E-state index in [1.165, 1.54) is 26.3 Å². The summed E-state index contributed by atoms with van der Waals surface area (Å²) in [4.78, 5) is 35.9. The summed E-state index contributed by atoms with van der Waals surface area (Å²) < 4.78 is 17.4. The molecule has 0 amide bonds. The minimum Gasteiger partial charge on any atom is -0.465 e. The molecule has 0 unspecified atom stereocenters. The Morgan fingerprint density at radius 2 is 1.59 bits per heavy atom. The van der Waals surface area contributed by atoms with Gasteiger partial charge in [-0.25, -0.2) is 0 Å². The Morgan fingerprint density at radius 1 is 0.938 bits per heavy atom. The molecule has 3 fully saturated rings. The lowest BCUT2D eigenvalue weighted by Crippen LogP contribution is -2.65. The first-order valence-corrected chi connectivity index (χ1v) is 12.1. The van der Waals surface area contributed by atoms with Crippen LogP contribution in [0.2, 0.25) is 0 Å². The fraction of sp³-hybridized carbons (Fsp3) is 0.808. The Morgan fingerprint density at radius 3 is 2.22 bits per heavy atom. The topological polar surface area (TPSA) is 78.9 Å². The maximum atomic E-state index is 12.2. The lowest BCUT2D eigenvalue weighted by atomic mass is 9.40. The molecule has 0 aliphatic heterocycles. The highest BCUT2D eigenvalue weighted by Gasteiger charge is 2.69. The van der Waals surface area contributed by atoms with E-state index in [9.17, 15) is 14.4 Å². The van der Waals surface area contributed by atoms with Gasteiger partial charge in [0.15, 0.2) is 0 Å². The molecule has 0 aromatic carbocycles. The van der Waals surface area contributed by atoms with Crippen LogP contribution in [0.25, 0.3) is 0 Å². The quantitative estimate of drug-likeness (QED) is 0.357. The number of ether oxygens (including phenoxy) is 3. The summed E-state index contributed by atoms with van der Waals surface area (Å²) >= 11 is 0. The van der Waals surface area contributed by atoms with Gasteiger partial charge in [-0.3, -0.25) is 14.4 Å². The van der Waals surface area contributed by atoms with Crippen molar-refractivity contribution in [1.29, 1.82) is 0 Å². The second-order valence-corrected chi connectivity index (χ2v) is 11.3. The van der Waals surface area contributed by atoms with Crippen LogP contribution in [0.5, 0.6) is 0 Å². The van der Waals surface area contributed by atoms with Gasteiger partial charge >= 0.3 is 17.9 Å². The Hall–Kier alpha value is -1.85. The van der Waals surface area contributed by atoms with Crippen LogP contribution in [-0.4, -0.2) is 36.7 Å². The molecule has 0 aromatic rings. The number of rotatable bonds is 4. The summed E-state index contributed by atoms with van der Waals surface area (Å²) in [6.45, 7) is 11.2. The SMILES string of the molecule is CC(=O)OC[C@]1(C)[C@H]2C[C@H](OC(C)=O)[C@]34C=C(C)[C@@H](CC[C@H]3[C@]2(C)CC[C@H]1OC(C)=O)C4. The van der Waals surface area contributed by atoms with Crippen molar-refractivity contribution < 1.29 is 28.6 Å². The van der Waals surface area contributed by atoms with Crippen LogP contribution in [0.3, 0.4) is 0 Å². The fourth-order valence-electron chi connectivity index (χ4n) is 8.31. The van der Waals surface area contributed by atoms with Crippen LogP contribution in [0.15, 0.2) is 11.6 Å². The number of carbonyl (C=O) groups excluding carboxylic acids is 3. The summed E-state index contributed by atoms with van der Waals surface area (Å²) in [7, 11) is 0. The number of hydrogen-bond donors (Lipinski definition) is 0. The van der Waals surface area contributed by atoms with Gasteiger partial charge in [-0.05, 0) is 68.6 Å². The Bertz CT molecular complexity index is 847. The standard InChI is InChI=1S/C26H38O6/c1-15-12-26-13-19(15)7-8-20(26)24(5)10-9-22(31-17(3)28)25(6,14-30-16(2)27)21(24)11-23(26)32-18(4)29/h12,19-23H,7-11,13-14H2,1-6H3/t19-,20-,21-,22+,23-,24-,25+,26-/m0/s1. The molecular weight excluding hydrogens is 408 g/mol. The molecule has 0 saturated heterocycles. The van der Waals surface area contributed by atoms with Gasteiger partial charge in [0, 0.05) is 31.6 Å². The molecule has 6 nitrogen and oxygen atoms in total. The first-order valence-electron chi connectivity index (χ1n) is 12.1. The number of hydrogen-bond acceptors (Lipinski definition) is 6. The Balaban J connectivity index is 1.79. The normalized spacial score (nSPS) is 44.6. The van der Waals surface area contributed by atoms with Crippen LogP contribution in [-0.2, 0) is 28.6 Å². The molecule has 3 saturated carbocycles. The van der Waals surface area contributed by atoms with E-state index < -0.39 is 5.41 Å². The predicted octanol–water partition coefficient (Wildman–Crippen LogP) is 4.60. The van der Waals surface area contributed by atoms with E-state index in [1.807, 2.05) is 0 Å². The number of fused-ring (bicyclic) bond motifs is 3. The number of esters is 3. The van der Waals surface area contributed by atoms with E-state index in [-0.39, 0.29) is 53.5 Å². The third kappa shape index (κ3) is 3.49. The monoisotopic (exact) mass is 446 g/mol. The third-order valence-corrected chi connectivity index (χ3v) is 9.51. The molecule has 2 bridgehead atoms. The molecule has 6 heteroatoms. The van der Waals surface area contributed by atoms with Crippen LogP contribution in [0.4, 0.5) is 0 Å². The Kier molecular flexibility index (Phi) is 5.74. The van der Waals surface area contributed by atoms with Crippen LogP contribution in [0.1, 0.15) is 80.1 Å². The van der Waals surface area contributed by atoms with Crippen molar-refractivity contribution in [2.75, 3.05) is 6.61 Å². The molecule has 4 aliphatic rings. The minimum absolute atomic E-state index is 0.0196. The average Bonchev–Trinajstić information content (AvgIpc) is 2.94. The number of allylic oxidation sites excluding steroid dienone is 1. The smallest absolute Gasteiger partial charge is 0.302 e. The van der Waals surface area contributed by atoms with Crippen molar-refractivity contribution in [3.05, 3.63) is 11.6 Å². The molecule has 1 spiro atoms. The largest absolute Gasteiger partial charge is 0.465 e. The highest BCUT2D eigenvalue weighted by molar-refractivity contribution is 5.67.